The van der Waals surface area contributed by atoms with E-state index >= 15 is 0 Å². The zero-order valence-electron chi connectivity index (χ0n) is 9.52. The molecule has 6 heteroatoms. The average Bonchev–Trinajstić information content (AvgIpc) is 2.19. The topological polar surface area (TPSA) is 98.7 Å². The van der Waals surface area contributed by atoms with Gasteiger partial charge in [-0.2, -0.15) is 0 Å². The molecule has 0 aromatic heterocycles. The Hall–Kier alpha value is -2.24. The van der Waals surface area contributed by atoms with Crippen molar-refractivity contribution in [2.75, 3.05) is 5.32 Å². The maximum Gasteiger partial charge on any atom is 0.339 e. The molecular weight excluding hydrogens is 224 g/mol. The van der Waals surface area contributed by atoms with Crippen LogP contribution in [0, 0.1) is 0 Å². The number of nitrogens with one attached hydrogen (secondary N) is 2. The van der Waals surface area contributed by atoms with Crippen LogP contribution >= 0.6 is 0 Å². The third-order valence-electron chi connectivity index (χ3n) is 1.93. The summed E-state index contributed by atoms with van der Waals surface area (Å²) < 4.78 is 0. The van der Waals surface area contributed by atoms with Gasteiger partial charge in [-0.25, -0.2) is 9.59 Å². The van der Waals surface area contributed by atoms with E-state index in [1.54, 1.807) is 13.8 Å². The number of phenols is 1. The average molecular weight is 238 g/mol. The van der Waals surface area contributed by atoms with Crippen molar-refractivity contribution in [3.63, 3.8) is 0 Å². The van der Waals surface area contributed by atoms with E-state index < -0.39 is 17.7 Å². The van der Waals surface area contributed by atoms with Gasteiger partial charge in [0.1, 0.15) is 5.56 Å². The van der Waals surface area contributed by atoms with Crippen LogP contribution in [0.25, 0.3) is 0 Å². The van der Waals surface area contributed by atoms with Gasteiger partial charge >= 0.3 is 12.0 Å². The van der Waals surface area contributed by atoms with E-state index in [1.807, 2.05) is 0 Å². The second-order valence-electron chi connectivity index (χ2n) is 3.76. The third kappa shape index (κ3) is 3.37. The number of hydrogen-bond donors (Lipinski definition) is 4. The van der Waals surface area contributed by atoms with Crippen LogP contribution in [0.15, 0.2) is 18.2 Å². The summed E-state index contributed by atoms with van der Waals surface area (Å²) in [7, 11) is 0. The first kappa shape index (κ1) is 12.8. The molecule has 6 nitrogen and oxygen atoms in total. The van der Waals surface area contributed by atoms with E-state index in [4.69, 9.17) is 5.11 Å². The smallest absolute Gasteiger partial charge is 0.339 e. The van der Waals surface area contributed by atoms with Crippen molar-refractivity contribution in [1.29, 1.82) is 0 Å². The van der Waals surface area contributed by atoms with E-state index in [2.05, 4.69) is 10.6 Å². The van der Waals surface area contributed by atoms with Crippen LogP contribution < -0.4 is 10.6 Å². The largest absolute Gasteiger partial charge is 0.505 e. The molecule has 92 valence electrons. The SMILES string of the molecule is CC(C)NC(=O)Nc1cccc(C(=O)O)c1O. The summed E-state index contributed by atoms with van der Waals surface area (Å²) in [4.78, 5) is 22.1. The maximum atomic E-state index is 11.4. The number of carboxylic acid groups (broad SMARTS) is 1. The summed E-state index contributed by atoms with van der Waals surface area (Å²) in [6.45, 7) is 3.57. The van der Waals surface area contributed by atoms with Crippen molar-refractivity contribution < 1.29 is 19.8 Å². The summed E-state index contributed by atoms with van der Waals surface area (Å²) in [5.74, 6) is -1.71. The normalized spacial score (nSPS) is 10.1. The quantitative estimate of drug-likeness (QED) is 0.601. The molecule has 0 radical (unpaired) electrons. The number of aromatic carboxylic acids is 1. The summed E-state index contributed by atoms with van der Waals surface area (Å²) >= 11 is 0. The molecule has 2 amide bonds. The molecule has 0 bridgehead atoms. The first-order chi connectivity index (χ1) is 7.91. The molecule has 0 atom stereocenters. The van der Waals surface area contributed by atoms with Crippen LogP contribution in [0.3, 0.4) is 0 Å². The van der Waals surface area contributed by atoms with E-state index in [9.17, 15) is 14.7 Å². The molecule has 4 N–H and O–H groups in total. The van der Waals surface area contributed by atoms with Gasteiger partial charge in [0, 0.05) is 6.04 Å². The highest BCUT2D eigenvalue weighted by atomic mass is 16.4. The van der Waals surface area contributed by atoms with E-state index in [0.717, 1.165) is 0 Å². The fourth-order valence-corrected chi connectivity index (χ4v) is 1.24. The van der Waals surface area contributed by atoms with Crippen LogP contribution in [0.4, 0.5) is 10.5 Å². The van der Waals surface area contributed by atoms with Crippen molar-refractivity contribution in [1.82, 2.24) is 5.32 Å². The van der Waals surface area contributed by atoms with Gasteiger partial charge in [0.15, 0.2) is 5.75 Å². The minimum absolute atomic E-state index is 0.0557. The van der Waals surface area contributed by atoms with E-state index in [0.29, 0.717) is 0 Å². The van der Waals surface area contributed by atoms with Gasteiger partial charge in [0.05, 0.1) is 5.69 Å². The number of amides is 2. The number of aromatic hydroxyl groups is 1. The summed E-state index contributed by atoms with van der Waals surface area (Å²) in [6, 6.07) is 3.55. The number of benzene rings is 1. The lowest BCUT2D eigenvalue weighted by Gasteiger charge is -2.12. The standard InChI is InChI=1S/C11H14N2O4/c1-6(2)12-11(17)13-8-5-3-4-7(9(8)14)10(15)16/h3-6,14H,1-2H3,(H,15,16)(H2,12,13,17). The number of carbonyl (C=O) groups is 2. The molecule has 0 fully saturated rings. The molecule has 0 saturated heterocycles. The predicted octanol–water partition coefficient (Wildman–Crippen LogP) is 1.62. The Kier molecular flexibility index (Phi) is 3.92. The van der Waals surface area contributed by atoms with Gasteiger partial charge in [-0.05, 0) is 26.0 Å². The number of hydrogen-bond acceptors (Lipinski definition) is 3. The van der Waals surface area contributed by atoms with Crippen LogP contribution in [0.2, 0.25) is 0 Å². The molecule has 0 heterocycles. The molecular formula is C11H14N2O4. The fraction of sp³-hybridized carbons (Fsp3) is 0.273. The molecule has 0 aliphatic heterocycles. The summed E-state index contributed by atoms with van der Waals surface area (Å²) in [6.07, 6.45) is 0. The van der Waals surface area contributed by atoms with Crippen molar-refractivity contribution in [3.8, 4) is 5.75 Å². The summed E-state index contributed by atoms with van der Waals surface area (Å²) in [5, 5.41) is 23.3. The van der Waals surface area contributed by atoms with Gasteiger partial charge in [0.2, 0.25) is 0 Å². The Morgan fingerprint density at radius 1 is 1.29 bits per heavy atom. The Balaban J connectivity index is 2.89. The Morgan fingerprint density at radius 2 is 1.94 bits per heavy atom. The van der Waals surface area contributed by atoms with Crippen LogP contribution in [-0.4, -0.2) is 28.3 Å². The first-order valence-electron chi connectivity index (χ1n) is 5.04. The zero-order valence-corrected chi connectivity index (χ0v) is 9.52. The molecule has 0 aliphatic carbocycles. The Bertz CT molecular complexity index is 443. The van der Waals surface area contributed by atoms with Gasteiger partial charge in [-0.3, -0.25) is 0 Å². The number of urea groups is 1. The van der Waals surface area contributed by atoms with E-state index in [-0.39, 0.29) is 17.3 Å². The second kappa shape index (κ2) is 5.20. The van der Waals surface area contributed by atoms with Crippen molar-refractivity contribution >= 4 is 17.7 Å². The number of anilines is 1. The monoisotopic (exact) mass is 238 g/mol. The van der Waals surface area contributed by atoms with Gasteiger partial charge in [-0.15, -0.1) is 0 Å². The van der Waals surface area contributed by atoms with Gasteiger partial charge in [0.25, 0.3) is 0 Å². The lowest BCUT2D eigenvalue weighted by atomic mass is 10.1. The minimum atomic E-state index is -1.25. The number of carbonyl (C=O) groups excluding carboxylic acids is 1. The molecule has 0 unspecified atom stereocenters. The molecule has 0 saturated carbocycles. The van der Waals surface area contributed by atoms with E-state index in [1.165, 1.54) is 18.2 Å². The van der Waals surface area contributed by atoms with Crippen LogP contribution in [0.1, 0.15) is 24.2 Å². The minimum Gasteiger partial charge on any atom is -0.505 e. The molecule has 0 aliphatic rings. The third-order valence-corrected chi connectivity index (χ3v) is 1.93. The van der Waals surface area contributed by atoms with Crippen molar-refractivity contribution in [2.45, 2.75) is 19.9 Å². The van der Waals surface area contributed by atoms with Crippen LogP contribution in [0.5, 0.6) is 5.75 Å². The Morgan fingerprint density at radius 3 is 2.47 bits per heavy atom. The summed E-state index contributed by atoms with van der Waals surface area (Å²) in [5.41, 5.74) is -0.199. The predicted molar refractivity (Wildman–Crippen MR) is 62.4 cm³/mol. The van der Waals surface area contributed by atoms with Gasteiger partial charge in [-0.1, -0.05) is 6.07 Å². The van der Waals surface area contributed by atoms with Crippen LogP contribution in [-0.2, 0) is 0 Å². The maximum absolute atomic E-state index is 11.4. The van der Waals surface area contributed by atoms with Crippen molar-refractivity contribution in [3.05, 3.63) is 23.8 Å². The molecule has 17 heavy (non-hydrogen) atoms. The molecule has 1 aromatic carbocycles. The molecule has 1 rings (SSSR count). The van der Waals surface area contributed by atoms with Gasteiger partial charge < -0.3 is 20.8 Å². The molecule has 0 spiro atoms. The highest BCUT2D eigenvalue weighted by molar-refractivity contribution is 5.97. The van der Waals surface area contributed by atoms with Crippen molar-refractivity contribution in [2.24, 2.45) is 0 Å². The second-order valence-corrected chi connectivity index (χ2v) is 3.76. The fourth-order valence-electron chi connectivity index (χ4n) is 1.24. The molecule has 1 aromatic rings. The number of rotatable bonds is 3. The highest BCUT2D eigenvalue weighted by Gasteiger charge is 2.14. The highest BCUT2D eigenvalue weighted by Crippen LogP contribution is 2.27. The number of carboxylic acids is 1. The number of para-hydroxylation sites is 1. The lowest BCUT2D eigenvalue weighted by molar-refractivity contribution is 0.0693. The Labute approximate surface area is 98.3 Å². The lowest BCUT2D eigenvalue weighted by Crippen LogP contribution is -2.34. The zero-order chi connectivity index (χ0) is 13.0. The first-order valence-corrected chi connectivity index (χ1v) is 5.04.